The van der Waals surface area contributed by atoms with Crippen LogP contribution in [0.15, 0.2) is 48.5 Å². The van der Waals surface area contributed by atoms with Gasteiger partial charge >= 0.3 is 5.97 Å². The number of hydrogen-bond donors (Lipinski definition) is 0. The fourth-order valence-corrected chi connectivity index (χ4v) is 3.06. The minimum absolute atomic E-state index is 0.261. The van der Waals surface area contributed by atoms with Crippen LogP contribution >= 0.6 is 0 Å². The standard InChI is InChI=1S/C21H24O2/c1-14-11-16(3)21(17(4)12-14)18(5)23-20(22)13-15(2)19-9-7-6-8-10-19/h6-13,18H,1-5H3/b15-13+/t18-/m1/s1. The summed E-state index contributed by atoms with van der Waals surface area (Å²) in [6.45, 7) is 10.0. The highest BCUT2D eigenvalue weighted by molar-refractivity contribution is 5.91. The van der Waals surface area contributed by atoms with Gasteiger partial charge in [-0.05, 0) is 62.4 Å². The minimum atomic E-state index is -0.307. The summed E-state index contributed by atoms with van der Waals surface area (Å²) in [5, 5.41) is 0. The van der Waals surface area contributed by atoms with E-state index in [9.17, 15) is 4.79 Å². The summed E-state index contributed by atoms with van der Waals surface area (Å²) in [6.07, 6.45) is 1.30. The van der Waals surface area contributed by atoms with Gasteiger partial charge in [-0.3, -0.25) is 0 Å². The fourth-order valence-electron chi connectivity index (χ4n) is 3.06. The van der Waals surface area contributed by atoms with E-state index in [0.717, 1.165) is 27.8 Å². The van der Waals surface area contributed by atoms with Crippen molar-refractivity contribution in [3.05, 3.63) is 76.4 Å². The molecule has 2 aromatic rings. The first-order chi connectivity index (χ1) is 10.9. The van der Waals surface area contributed by atoms with E-state index >= 15 is 0 Å². The molecule has 0 spiro atoms. The number of benzene rings is 2. The highest BCUT2D eigenvalue weighted by Crippen LogP contribution is 2.26. The molecular weight excluding hydrogens is 284 g/mol. The topological polar surface area (TPSA) is 26.3 Å². The number of carbonyl (C=O) groups excluding carboxylic acids is 1. The van der Waals surface area contributed by atoms with Gasteiger partial charge in [0, 0.05) is 6.08 Å². The molecule has 0 amide bonds. The first kappa shape index (κ1) is 17.0. The van der Waals surface area contributed by atoms with Crippen LogP contribution in [0.4, 0.5) is 0 Å². The Morgan fingerprint density at radius 1 is 1.04 bits per heavy atom. The van der Waals surface area contributed by atoms with E-state index in [2.05, 4.69) is 32.9 Å². The van der Waals surface area contributed by atoms with Crippen LogP contribution in [0.2, 0.25) is 0 Å². The van der Waals surface area contributed by atoms with Gasteiger partial charge in [0.05, 0.1) is 0 Å². The SMILES string of the molecule is C/C(=C\C(=O)O[C@H](C)c1c(C)cc(C)cc1C)c1ccccc1. The van der Waals surface area contributed by atoms with Crippen LogP contribution in [0.25, 0.3) is 5.57 Å². The Morgan fingerprint density at radius 2 is 1.61 bits per heavy atom. The van der Waals surface area contributed by atoms with Gasteiger partial charge in [0.15, 0.2) is 0 Å². The molecule has 0 unspecified atom stereocenters. The fraction of sp³-hybridized carbons (Fsp3) is 0.286. The van der Waals surface area contributed by atoms with Gasteiger partial charge in [-0.2, -0.15) is 0 Å². The summed E-state index contributed by atoms with van der Waals surface area (Å²) in [7, 11) is 0. The molecule has 0 aliphatic rings. The maximum Gasteiger partial charge on any atom is 0.331 e. The average Bonchev–Trinajstić information content (AvgIpc) is 2.46. The normalized spacial score (nSPS) is 12.8. The van der Waals surface area contributed by atoms with Crippen LogP contribution in [0, 0.1) is 20.8 Å². The zero-order valence-electron chi connectivity index (χ0n) is 14.5. The van der Waals surface area contributed by atoms with Crippen LogP contribution in [0.1, 0.15) is 47.8 Å². The third kappa shape index (κ3) is 4.32. The van der Waals surface area contributed by atoms with Crippen molar-refractivity contribution < 1.29 is 9.53 Å². The van der Waals surface area contributed by atoms with Crippen molar-refractivity contribution in [2.24, 2.45) is 0 Å². The van der Waals surface area contributed by atoms with Crippen molar-refractivity contribution in [2.45, 2.75) is 40.7 Å². The lowest BCUT2D eigenvalue weighted by atomic mass is 9.96. The van der Waals surface area contributed by atoms with E-state index in [1.165, 1.54) is 5.56 Å². The molecule has 0 N–H and O–H groups in total. The van der Waals surface area contributed by atoms with E-state index in [0.29, 0.717) is 0 Å². The highest BCUT2D eigenvalue weighted by atomic mass is 16.5. The molecule has 23 heavy (non-hydrogen) atoms. The Labute approximate surface area is 138 Å². The van der Waals surface area contributed by atoms with Gasteiger partial charge in [-0.25, -0.2) is 4.79 Å². The quantitative estimate of drug-likeness (QED) is 0.564. The summed E-state index contributed by atoms with van der Waals surface area (Å²) in [4.78, 5) is 12.2. The lowest BCUT2D eigenvalue weighted by Crippen LogP contribution is -2.09. The second-order valence-corrected chi connectivity index (χ2v) is 6.08. The summed E-state index contributed by atoms with van der Waals surface area (Å²) in [6, 6.07) is 14.1. The lowest BCUT2D eigenvalue weighted by molar-refractivity contribution is -0.142. The summed E-state index contributed by atoms with van der Waals surface area (Å²) >= 11 is 0. The van der Waals surface area contributed by atoms with Gasteiger partial charge in [0.1, 0.15) is 6.10 Å². The van der Waals surface area contributed by atoms with Gasteiger partial charge in [-0.1, -0.05) is 48.0 Å². The number of ether oxygens (including phenoxy) is 1. The van der Waals surface area contributed by atoms with Gasteiger partial charge in [-0.15, -0.1) is 0 Å². The molecule has 0 saturated heterocycles. The molecule has 0 aromatic heterocycles. The maximum absolute atomic E-state index is 12.2. The number of allylic oxidation sites excluding steroid dienone is 1. The first-order valence-electron chi connectivity index (χ1n) is 7.90. The van der Waals surface area contributed by atoms with Crippen molar-refractivity contribution in [3.8, 4) is 0 Å². The number of hydrogen-bond acceptors (Lipinski definition) is 2. The third-order valence-electron chi connectivity index (χ3n) is 4.00. The van der Waals surface area contributed by atoms with E-state index in [1.807, 2.05) is 44.2 Å². The van der Waals surface area contributed by atoms with Crippen molar-refractivity contribution in [1.29, 1.82) is 0 Å². The number of aryl methyl sites for hydroxylation is 3. The molecule has 2 nitrogen and oxygen atoms in total. The van der Waals surface area contributed by atoms with Gasteiger partial charge < -0.3 is 4.74 Å². The predicted molar refractivity (Wildman–Crippen MR) is 95.3 cm³/mol. The molecule has 2 heteroatoms. The molecule has 2 rings (SSSR count). The Hall–Kier alpha value is -2.35. The van der Waals surface area contributed by atoms with Crippen molar-refractivity contribution in [3.63, 3.8) is 0 Å². The smallest absolute Gasteiger partial charge is 0.331 e. The minimum Gasteiger partial charge on any atom is -0.455 e. The number of rotatable bonds is 4. The molecule has 0 saturated carbocycles. The molecule has 0 bridgehead atoms. The van der Waals surface area contributed by atoms with Crippen LogP contribution in [0.3, 0.4) is 0 Å². The molecule has 0 aliphatic heterocycles. The van der Waals surface area contributed by atoms with E-state index < -0.39 is 0 Å². The molecule has 0 aliphatic carbocycles. The molecule has 120 valence electrons. The third-order valence-corrected chi connectivity index (χ3v) is 4.00. The first-order valence-corrected chi connectivity index (χ1v) is 7.90. The number of esters is 1. The largest absolute Gasteiger partial charge is 0.455 e. The van der Waals surface area contributed by atoms with Crippen LogP contribution in [0.5, 0.6) is 0 Å². The summed E-state index contributed by atoms with van der Waals surface area (Å²) in [5.74, 6) is -0.307. The van der Waals surface area contributed by atoms with E-state index in [1.54, 1.807) is 6.08 Å². The molecule has 0 fully saturated rings. The molecule has 1 atom stereocenters. The van der Waals surface area contributed by atoms with Crippen LogP contribution < -0.4 is 0 Å². The van der Waals surface area contributed by atoms with Crippen molar-refractivity contribution in [2.75, 3.05) is 0 Å². The van der Waals surface area contributed by atoms with Gasteiger partial charge in [0.2, 0.25) is 0 Å². The highest BCUT2D eigenvalue weighted by Gasteiger charge is 2.15. The summed E-state index contributed by atoms with van der Waals surface area (Å²) in [5.41, 5.74) is 6.56. The monoisotopic (exact) mass is 308 g/mol. The Balaban J connectivity index is 2.15. The van der Waals surface area contributed by atoms with E-state index in [4.69, 9.17) is 4.74 Å². The number of carbonyl (C=O) groups is 1. The van der Waals surface area contributed by atoms with Gasteiger partial charge in [0.25, 0.3) is 0 Å². The molecule has 0 radical (unpaired) electrons. The van der Waals surface area contributed by atoms with Crippen LogP contribution in [-0.2, 0) is 9.53 Å². The Bertz CT molecular complexity index is 704. The summed E-state index contributed by atoms with van der Waals surface area (Å²) < 4.78 is 5.61. The second kappa shape index (κ2) is 7.28. The van der Waals surface area contributed by atoms with Crippen LogP contribution in [-0.4, -0.2) is 5.97 Å². The molecular formula is C21H24O2. The van der Waals surface area contributed by atoms with Crippen molar-refractivity contribution in [1.82, 2.24) is 0 Å². The maximum atomic E-state index is 12.2. The molecule has 2 aromatic carbocycles. The Morgan fingerprint density at radius 3 is 2.17 bits per heavy atom. The van der Waals surface area contributed by atoms with Crippen molar-refractivity contribution >= 4 is 11.5 Å². The predicted octanol–water partition coefficient (Wildman–Crippen LogP) is 5.32. The van der Waals surface area contributed by atoms with E-state index in [-0.39, 0.29) is 12.1 Å². The zero-order chi connectivity index (χ0) is 17.0. The Kier molecular flexibility index (Phi) is 5.38. The lowest BCUT2D eigenvalue weighted by Gasteiger charge is -2.18. The second-order valence-electron chi connectivity index (χ2n) is 6.08. The zero-order valence-corrected chi connectivity index (χ0v) is 14.5. The molecule has 0 heterocycles. The average molecular weight is 308 g/mol.